The van der Waals surface area contributed by atoms with Crippen molar-refractivity contribution in [3.8, 4) is 0 Å². The van der Waals surface area contributed by atoms with Crippen molar-refractivity contribution in [2.45, 2.75) is 6.18 Å². The Morgan fingerprint density at radius 3 is 2.44 bits per heavy atom. The molecule has 0 saturated heterocycles. The van der Waals surface area contributed by atoms with Crippen LogP contribution in [-0.2, 0) is 11.0 Å². The topological polar surface area (TPSA) is 63.4 Å². The molecule has 2 N–H and O–H groups in total. The molecule has 0 spiro atoms. The molecule has 0 saturated carbocycles. The summed E-state index contributed by atoms with van der Waals surface area (Å²) in [4.78, 5) is 24.1. The largest absolute Gasteiger partial charge is 0.416 e. The molecule has 2 rings (SSSR count). The lowest BCUT2D eigenvalue weighted by Crippen LogP contribution is -2.34. The van der Waals surface area contributed by atoms with Crippen LogP contribution in [0.15, 0.2) is 18.2 Å². The van der Waals surface area contributed by atoms with Crippen LogP contribution in [0.3, 0.4) is 0 Å². The van der Waals surface area contributed by atoms with E-state index in [1.165, 1.54) is 0 Å². The zero-order chi connectivity index (χ0) is 13.5. The molecule has 0 bridgehead atoms. The predicted molar refractivity (Wildman–Crippen MR) is 57.2 cm³/mol. The lowest BCUT2D eigenvalue weighted by molar-refractivity contribution is -0.137. The third-order valence-corrected chi connectivity index (χ3v) is 2.65. The lowest BCUT2D eigenvalue weighted by atomic mass is 10.1. The van der Waals surface area contributed by atoms with Crippen molar-refractivity contribution in [1.82, 2.24) is 0 Å². The van der Waals surface area contributed by atoms with Gasteiger partial charge in [0.25, 0.3) is 11.7 Å². The van der Waals surface area contributed by atoms with E-state index in [0.717, 1.165) is 23.1 Å². The molecule has 96 valence electrons. The Labute approximate surface area is 100 Å². The highest BCUT2D eigenvalue weighted by Gasteiger charge is 2.38. The highest BCUT2D eigenvalue weighted by molar-refractivity contribution is 6.52. The normalized spacial score (nSPS) is 15.2. The smallest absolute Gasteiger partial charge is 0.329 e. The number of Topliss-reactive ketones (excluding diaryl/α,β-unsaturated/α-hetero) is 1. The van der Waals surface area contributed by atoms with Gasteiger partial charge in [0.2, 0.25) is 0 Å². The average molecular weight is 258 g/mol. The summed E-state index contributed by atoms with van der Waals surface area (Å²) in [5.74, 6) is -1.64. The third-order valence-electron chi connectivity index (χ3n) is 2.65. The van der Waals surface area contributed by atoms with Crippen molar-refractivity contribution in [2.75, 3.05) is 18.0 Å². The number of hydrogen-bond acceptors (Lipinski definition) is 3. The fraction of sp³-hybridized carbons (Fsp3) is 0.273. The van der Waals surface area contributed by atoms with Crippen LogP contribution in [0.4, 0.5) is 18.9 Å². The number of rotatable bonds is 2. The molecule has 1 amide bonds. The van der Waals surface area contributed by atoms with Gasteiger partial charge in [-0.1, -0.05) is 0 Å². The van der Waals surface area contributed by atoms with Gasteiger partial charge in [0, 0.05) is 13.1 Å². The van der Waals surface area contributed by atoms with Crippen LogP contribution in [0.25, 0.3) is 0 Å². The second-order valence-electron chi connectivity index (χ2n) is 3.80. The van der Waals surface area contributed by atoms with Crippen LogP contribution in [0.1, 0.15) is 15.9 Å². The molecule has 1 heterocycles. The third kappa shape index (κ3) is 1.86. The van der Waals surface area contributed by atoms with Crippen molar-refractivity contribution in [2.24, 2.45) is 5.73 Å². The number of amides is 1. The van der Waals surface area contributed by atoms with E-state index >= 15 is 0 Å². The summed E-state index contributed by atoms with van der Waals surface area (Å²) in [7, 11) is 0. The summed E-state index contributed by atoms with van der Waals surface area (Å²) in [6.45, 7) is 0.0770. The summed E-state index contributed by atoms with van der Waals surface area (Å²) in [5, 5.41) is 0. The second kappa shape index (κ2) is 4.09. The minimum absolute atomic E-state index is 0.0125. The van der Waals surface area contributed by atoms with E-state index in [4.69, 9.17) is 5.73 Å². The van der Waals surface area contributed by atoms with E-state index in [0.29, 0.717) is 0 Å². The van der Waals surface area contributed by atoms with Gasteiger partial charge in [-0.15, -0.1) is 0 Å². The summed E-state index contributed by atoms with van der Waals surface area (Å²) in [6, 6.07) is 2.61. The average Bonchev–Trinajstić information content (AvgIpc) is 2.53. The van der Waals surface area contributed by atoms with E-state index in [9.17, 15) is 22.8 Å². The lowest BCUT2D eigenvalue weighted by Gasteiger charge is -2.16. The van der Waals surface area contributed by atoms with Gasteiger partial charge in [0.05, 0.1) is 16.8 Å². The van der Waals surface area contributed by atoms with E-state index < -0.39 is 23.4 Å². The number of halogens is 3. The minimum atomic E-state index is -4.52. The molecular formula is C11H9F3N2O2. The Bertz CT molecular complexity index is 526. The van der Waals surface area contributed by atoms with Gasteiger partial charge >= 0.3 is 6.18 Å². The fourth-order valence-electron chi connectivity index (χ4n) is 1.82. The van der Waals surface area contributed by atoms with Gasteiger partial charge in [0.15, 0.2) is 0 Å². The Hall–Kier alpha value is -1.89. The zero-order valence-corrected chi connectivity index (χ0v) is 9.12. The number of benzene rings is 1. The predicted octanol–water partition coefficient (Wildman–Crippen LogP) is 1.19. The SMILES string of the molecule is NCCN1C(=O)C(=O)c2ccc(C(F)(F)F)cc21. The maximum atomic E-state index is 12.6. The molecule has 4 nitrogen and oxygen atoms in total. The number of alkyl halides is 3. The van der Waals surface area contributed by atoms with Gasteiger partial charge in [-0.3, -0.25) is 9.59 Å². The van der Waals surface area contributed by atoms with E-state index in [2.05, 4.69) is 0 Å². The summed E-state index contributed by atoms with van der Waals surface area (Å²) in [5.41, 5.74) is 4.34. The molecule has 0 radical (unpaired) electrons. The maximum Gasteiger partial charge on any atom is 0.416 e. The molecule has 1 aliphatic rings. The van der Waals surface area contributed by atoms with Crippen molar-refractivity contribution in [1.29, 1.82) is 0 Å². The first-order valence-corrected chi connectivity index (χ1v) is 5.13. The molecule has 1 aromatic rings. The van der Waals surface area contributed by atoms with Gasteiger partial charge < -0.3 is 10.6 Å². The van der Waals surface area contributed by atoms with Crippen LogP contribution in [0.5, 0.6) is 0 Å². The van der Waals surface area contributed by atoms with Crippen molar-refractivity contribution in [3.63, 3.8) is 0 Å². The van der Waals surface area contributed by atoms with Crippen molar-refractivity contribution in [3.05, 3.63) is 29.3 Å². The first-order chi connectivity index (χ1) is 8.36. The first-order valence-electron chi connectivity index (χ1n) is 5.13. The Kier molecular flexibility index (Phi) is 2.86. The summed E-state index contributed by atoms with van der Waals surface area (Å²) >= 11 is 0. The molecule has 0 unspecified atom stereocenters. The van der Waals surface area contributed by atoms with Crippen LogP contribution < -0.4 is 10.6 Å². The van der Waals surface area contributed by atoms with Crippen LogP contribution in [0, 0.1) is 0 Å². The fourth-order valence-corrected chi connectivity index (χ4v) is 1.82. The molecule has 0 atom stereocenters. The Balaban J connectivity index is 2.52. The highest BCUT2D eigenvalue weighted by atomic mass is 19.4. The minimum Gasteiger partial charge on any atom is -0.329 e. The van der Waals surface area contributed by atoms with Crippen LogP contribution >= 0.6 is 0 Å². The number of ketones is 1. The molecule has 1 aliphatic heterocycles. The zero-order valence-electron chi connectivity index (χ0n) is 9.12. The quantitative estimate of drug-likeness (QED) is 0.810. The molecule has 0 aliphatic carbocycles. The van der Waals surface area contributed by atoms with Gasteiger partial charge in [-0.2, -0.15) is 13.2 Å². The van der Waals surface area contributed by atoms with E-state index in [1.54, 1.807) is 0 Å². The number of anilines is 1. The molecular weight excluding hydrogens is 249 g/mol. The Morgan fingerprint density at radius 1 is 1.22 bits per heavy atom. The standard InChI is InChI=1S/C11H9F3N2O2/c12-11(13,14)6-1-2-7-8(5-6)16(4-3-15)10(18)9(7)17/h1-2,5H,3-4,15H2. The molecule has 0 fully saturated rings. The maximum absolute atomic E-state index is 12.6. The number of carbonyl (C=O) groups excluding carboxylic acids is 2. The molecule has 0 aromatic heterocycles. The number of carbonyl (C=O) groups is 2. The Morgan fingerprint density at radius 2 is 1.89 bits per heavy atom. The van der Waals surface area contributed by atoms with Crippen LogP contribution in [0.2, 0.25) is 0 Å². The second-order valence-corrected chi connectivity index (χ2v) is 3.80. The molecule has 1 aromatic carbocycles. The molecule has 7 heteroatoms. The van der Waals surface area contributed by atoms with E-state index in [-0.39, 0.29) is 24.3 Å². The number of nitrogens with zero attached hydrogens (tertiary/aromatic N) is 1. The van der Waals surface area contributed by atoms with Gasteiger partial charge in [-0.25, -0.2) is 0 Å². The summed E-state index contributed by atoms with van der Waals surface area (Å²) in [6.07, 6.45) is -4.52. The summed E-state index contributed by atoms with van der Waals surface area (Å²) < 4.78 is 37.7. The number of nitrogens with two attached hydrogens (primary N) is 1. The van der Waals surface area contributed by atoms with E-state index in [1.807, 2.05) is 0 Å². The number of fused-ring (bicyclic) bond motifs is 1. The number of hydrogen-bond donors (Lipinski definition) is 1. The monoisotopic (exact) mass is 258 g/mol. The van der Waals surface area contributed by atoms with Gasteiger partial charge in [0.1, 0.15) is 0 Å². The van der Waals surface area contributed by atoms with Crippen molar-refractivity contribution < 1.29 is 22.8 Å². The van der Waals surface area contributed by atoms with Crippen LogP contribution in [-0.4, -0.2) is 24.8 Å². The first kappa shape index (κ1) is 12.6. The highest BCUT2D eigenvalue weighted by Crippen LogP contribution is 2.36. The van der Waals surface area contributed by atoms with Crippen molar-refractivity contribution >= 4 is 17.4 Å². The molecule has 18 heavy (non-hydrogen) atoms. The van der Waals surface area contributed by atoms with Gasteiger partial charge in [-0.05, 0) is 18.2 Å².